The number of nitriles is 1. The van der Waals surface area contributed by atoms with Gasteiger partial charge in [0.2, 0.25) is 0 Å². The van der Waals surface area contributed by atoms with Gasteiger partial charge in [0, 0.05) is 25.5 Å². The van der Waals surface area contributed by atoms with E-state index in [4.69, 9.17) is 13.1 Å². The van der Waals surface area contributed by atoms with Gasteiger partial charge in [0.15, 0.2) is 0 Å². The van der Waals surface area contributed by atoms with Crippen LogP contribution in [0.4, 0.5) is 19.0 Å². The lowest BCUT2D eigenvalue weighted by Crippen LogP contribution is -2.63. The largest absolute Gasteiger partial charge is 0.408 e. The van der Waals surface area contributed by atoms with Crippen molar-refractivity contribution in [3.05, 3.63) is 30.5 Å². The quantitative estimate of drug-likeness (QED) is 0.738. The predicted molar refractivity (Wildman–Crippen MR) is 93.0 cm³/mol. The number of anilines is 1. The van der Waals surface area contributed by atoms with Crippen molar-refractivity contribution in [3.63, 3.8) is 0 Å². The highest BCUT2D eigenvalue weighted by atomic mass is 19.4. The normalized spacial score (nSPS) is 16.8. The van der Waals surface area contributed by atoms with Crippen LogP contribution in [0.5, 0.6) is 0 Å². The molecule has 0 spiro atoms. The summed E-state index contributed by atoms with van der Waals surface area (Å²) in [6.07, 6.45) is 1.24. The zero-order valence-electron chi connectivity index (χ0n) is 14.8. The zero-order chi connectivity index (χ0) is 20.5. The maximum atomic E-state index is 12.5. The Labute approximate surface area is 159 Å². The highest BCUT2D eigenvalue weighted by Crippen LogP contribution is 2.34. The molecule has 1 amide bonds. The summed E-state index contributed by atoms with van der Waals surface area (Å²) in [7, 11) is 5.69. The van der Waals surface area contributed by atoms with Crippen LogP contribution in [0.3, 0.4) is 0 Å². The van der Waals surface area contributed by atoms with Crippen molar-refractivity contribution in [3.8, 4) is 6.07 Å². The molecule has 144 valence electrons. The molecule has 1 atom stereocenters. The number of nitrogens with one attached hydrogen (secondary N) is 1. The molecule has 1 aliphatic rings. The smallest absolute Gasteiger partial charge is 0.350 e. The Morgan fingerprint density at radius 1 is 1.39 bits per heavy atom. The first-order valence-corrected chi connectivity index (χ1v) is 8.27. The van der Waals surface area contributed by atoms with E-state index in [-0.39, 0.29) is 12.1 Å². The number of hydrogen-bond donors (Lipinski definition) is 1. The minimum Gasteiger partial charge on any atom is -0.350 e. The molecule has 1 N–H and O–H groups in total. The maximum absolute atomic E-state index is 12.5. The molecule has 28 heavy (non-hydrogen) atoms. The van der Waals surface area contributed by atoms with Crippen molar-refractivity contribution in [1.29, 1.82) is 5.26 Å². The predicted octanol–water partition coefficient (Wildman–Crippen LogP) is 0.277. The van der Waals surface area contributed by atoms with Gasteiger partial charge in [-0.25, -0.2) is 9.97 Å². The molecule has 1 aliphatic heterocycles. The molecule has 0 aliphatic carbocycles. The van der Waals surface area contributed by atoms with E-state index in [1.807, 2.05) is 10.2 Å². The van der Waals surface area contributed by atoms with Crippen LogP contribution < -0.4 is 15.7 Å². The topological polar surface area (TPSA) is 99.7 Å². The summed E-state index contributed by atoms with van der Waals surface area (Å²) < 4.78 is 39.2. The van der Waals surface area contributed by atoms with Crippen LogP contribution in [0.15, 0.2) is 24.8 Å². The Hall–Kier alpha value is -3.10. The minimum absolute atomic E-state index is 0.216. The molecular weight excluding hydrogens is 374 g/mol. The Morgan fingerprint density at radius 2 is 2.11 bits per heavy atom. The molecule has 2 aromatic rings. The summed E-state index contributed by atoms with van der Waals surface area (Å²) in [6, 6.07) is 0.140. The number of alkyl halides is 3. The van der Waals surface area contributed by atoms with Gasteiger partial charge in [-0.15, -0.1) is 0 Å². The van der Waals surface area contributed by atoms with Gasteiger partial charge in [-0.1, -0.05) is 5.46 Å². The fourth-order valence-electron chi connectivity index (χ4n) is 2.86. The van der Waals surface area contributed by atoms with Gasteiger partial charge in [0.25, 0.3) is 5.91 Å². The molecule has 1 fully saturated rings. The van der Waals surface area contributed by atoms with Crippen molar-refractivity contribution in [2.75, 3.05) is 18.0 Å². The van der Waals surface area contributed by atoms with Gasteiger partial charge in [-0.05, 0) is 6.92 Å². The molecule has 3 rings (SSSR count). The van der Waals surface area contributed by atoms with E-state index in [2.05, 4.69) is 21.1 Å². The number of nitrogens with zero attached hydrogens (tertiary/aromatic N) is 6. The second kappa shape index (κ2) is 7.14. The number of carbonyl (C=O) groups excluding carboxylic acids is 1. The summed E-state index contributed by atoms with van der Waals surface area (Å²) in [5, 5.41) is 15.1. The Bertz CT molecular complexity index is 900. The molecule has 1 saturated heterocycles. The second-order valence-electron chi connectivity index (χ2n) is 6.63. The van der Waals surface area contributed by atoms with Crippen molar-refractivity contribution in [2.45, 2.75) is 31.1 Å². The summed E-state index contributed by atoms with van der Waals surface area (Å²) in [5.74, 6) is -0.521. The first-order valence-electron chi connectivity index (χ1n) is 8.27. The molecule has 0 bridgehead atoms. The average Bonchev–Trinajstić information content (AvgIpc) is 3.03. The van der Waals surface area contributed by atoms with Crippen molar-refractivity contribution < 1.29 is 18.0 Å². The van der Waals surface area contributed by atoms with E-state index < -0.39 is 23.7 Å². The average molecular weight is 389 g/mol. The molecule has 2 aromatic heterocycles. The van der Waals surface area contributed by atoms with Gasteiger partial charge >= 0.3 is 6.18 Å². The number of aromatic nitrogens is 4. The fraction of sp³-hybridized carbons (Fsp3) is 0.438. The summed E-state index contributed by atoms with van der Waals surface area (Å²) >= 11 is 0. The van der Waals surface area contributed by atoms with Crippen LogP contribution in [0.1, 0.15) is 23.8 Å². The molecule has 3 heterocycles. The number of hydrogen-bond acceptors (Lipinski definition) is 6. The van der Waals surface area contributed by atoms with Crippen LogP contribution in [-0.4, -0.2) is 58.8 Å². The highest BCUT2D eigenvalue weighted by Gasteiger charge is 2.46. The Balaban J connectivity index is 1.67. The van der Waals surface area contributed by atoms with Gasteiger partial charge in [0.05, 0.1) is 24.9 Å². The number of amides is 1. The van der Waals surface area contributed by atoms with Gasteiger partial charge in [-0.2, -0.15) is 23.5 Å². The lowest BCUT2D eigenvalue weighted by Gasteiger charge is -2.49. The van der Waals surface area contributed by atoms with E-state index in [0.29, 0.717) is 24.4 Å². The van der Waals surface area contributed by atoms with E-state index in [9.17, 15) is 18.0 Å². The SMILES string of the molecule is [B]c1cnn(C2(CC#N)CN(c3cnc(C(=O)N[C@@H](C)C(F)(F)F)cn3)C2)c1. The van der Waals surface area contributed by atoms with Crippen LogP contribution in [-0.2, 0) is 5.54 Å². The second-order valence-corrected chi connectivity index (χ2v) is 6.63. The molecule has 8 nitrogen and oxygen atoms in total. The molecular formula is C16H15BF3N7O. The molecule has 0 aromatic carbocycles. The van der Waals surface area contributed by atoms with E-state index in [1.165, 1.54) is 12.4 Å². The molecule has 2 radical (unpaired) electrons. The highest BCUT2D eigenvalue weighted by molar-refractivity contribution is 6.31. The molecule has 12 heteroatoms. The summed E-state index contributed by atoms with van der Waals surface area (Å²) in [5.41, 5.74) is -0.283. The van der Waals surface area contributed by atoms with Gasteiger partial charge in [-0.3, -0.25) is 9.48 Å². The minimum atomic E-state index is -4.54. The monoisotopic (exact) mass is 389 g/mol. The lowest BCUT2D eigenvalue weighted by molar-refractivity contribution is -0.149. The van der Waals surface area contributed by atoms with Crippen LogP contribution in [0, 0.1) is 11.3 Å². The molecule has 0 saturated carbocycles. The zero-order valence-corrected chi connectivity index (χ0v) is 14.8. The van der Waals surface area contributed by atoms with Gasteiger partial charge < -0.3 is 10.2 Å². The third-order valence-corrected chi connectivity index (χ3v) is 4.50. The summed E-state index contributed by atoms with van der Waals surface area (Å²) in [6.45, 7) is 1.69. The third kappa shape index (κ3) is 3.78. The van der Waals surface area contributed by atoms with Crippen molar-refractivity contribution >= 4 is 25.0 Å². The number of halogens is 3. The maximum Gasteiger partial charge on any atom is 0.408 e. The lowest BCUT2D eigenvalue weighted by atomic mass is 9.86. The van der Waals surface area contributed by atoms with Crippen molar-refractivity contribution in [1.82, 2.24) is 25.1 Å². The van der Waals surface area contributed by atoms with Crippen LogP contribution in [0.25, 0.3) is 0 Å². The fourth-order valence-corrected chi connectivity index (χ4v) is 2.86. The standard InChI is InChI=1S/C16H15BF3N7O/c1-10(16(18,19)20)25-14(28)12-5-23-13(6-22-12)26-8-15(9-26,2-3-21)27-7-11(17)4-24-27/h4-7,10H,2,8-9H2,1H3,(H,25,28)/t10-/m0/s1. The first kappa shape index (κ1) is 19.7. The third-order valence-electron chi connectivity index (χ3n) is 4.50. The van der Waals surface area contributed by atoms with E-state index >= 15 is 0 Å². The Morgan fingerprint density at radius 3 is 2.61 bits per heavy atom. The van der Waals surface area contributed by atoms with Crippen molar-refractivity contribution in [2.24, 2.45) is 0 Å². The number of rotatable bonds is 5. The Kier molecular flexibility index (Phi) is 5.01. The van der Waals surface area contributed by atoms with E-state index in [1.54, 1.807) is 10.9 Å². The first-order chi connectivity index (χ1) is 13.1. The van der Waals surface area contributed by atoms with Crippen LogP contribution >= 0.6 is 0 Å². The summed E-state index contributed by atoms with van der Waals surface area (Å²) in [4.78, 5) is 21.7. The van der Waals surface area contributed by atoms with E-state index in [0.717, 1.165) is 13.1 Å². The number of carbonyl (C=O) groups is 1. The van der Waals surface area contributed by atoms with Crippen LogP contribution in [0.2, 0.25) is 0 Å². The molecule has 0 unspecified atom stereocenters. The van der Waals surface area contributed by atoms with Gasteiger partial charge in [0.1, 0.15) is 30.9 Å².